The number of guanidine groups is 1. The van der Waals surface area contributed by atoms with E-state index in [0.717, 1.165) is 13.0 Å². The van der Waals surface area contributed by atoms with Crippen LogP contribution in [0.25, 0.3) is 0 Å². The molecule has 0 atom stereocenters. The van der Waals surface area contributed by atoms with Crippen LogP contribution in [0.15, 0.2) is 29.5 Å². The summed E-state index contributed by atoms with van der Waals surface area (Å²) in [6.45, 7) is 3.50. The van der Waals surface area contributed by atoms with Crippen molar-refractivity contribution in [2.24, 2.45) is 10.8 Å². The van der Waals surface area contributed by atoms with E-state index >= 15 is 0 Å². The van der Waals surface area contributed by atoms with Crippen LogP contribution in [0.1, 0.15) is 12.5 Å². The van der Waals surface area contributed by atoms with Gasteiger partial charge >= 0.3 is 0 Å². The minimum Gasteiger partial charge on any atom is -0.356 e. The van der Waals surface area contributed by atoms with Crippen LogP contribution in [0.4, 0.5) is 0 Å². The number of hydrazine groups is 1. The fourth-order valence-corrected chi connectivity index (χ4v) is 1.17. The highest BCUT2D eigenvalue weighted by atomic mass is 15.3. The second kappa shape index (κ2) is 6.78. The molecule has 0 fully saturated rings. The molecule has 15 heavy (non-hydrogen) atoms. The van der Waals surface area contributed by atoms with Crippen LogP contribution in [-0.4, -0.2) is 24.0 Å². The van der Waals surface area contributed by atoms with E-state index in [9.17, 15) is 0 Å². The standard InChI is InChI=1S/C10H17N5/c1-2-13-10(15-11)14-8-5-9-3-6-12-7-4-9/h3-4,6-7H,2,5,8,11H2,1H3,(H2,13,14,15). The molecule has 0 aliphatic carbocycles. The van der Waals surface area contributed by atoms with Gasteiger partial charge in [-0.1, -0.05) is 0 Å². The van der Waals surface area contributed by atoms with Gasteiger partial charge in [-0.25, -0.2) is 5.84 Å². The van der Waals surface area contributed by atoms with E-state index in [2.05, 4.69) is 20.7 Å². The third-order valence-corrected chi connectivity index (χ3v) is 1.90. The third-order valence-electron chi connectivity index (χ3n) is 1.90. The summed E-state index contributed by atoms with van der Waals surface area (Å²) in [5, 5.41) is 3.02. The fourth-order valence-electron chi connectivity index (χ4n) is 1.17. The molecule has 0 radical (unpaired) electrons. The molecule has 0 unspecified atom stereocenters. The van der Waals surface area contributed by atoms with Gasteiger partial charge in [0.1, 0.15) is 0 Å². The van der Waals surface area contributed by atoms with Crippen molar-refractivity contribution in [3.8, 4) is 0 Å². The van der Waals surface area contributed by atoms with E-state index in [0.29, 0.717) is 12.5 Å². The Hall–Kier alpha value is -1.62. The molecule has 1 rings (SSSR count). The molecule has 0 saturated carbocycles. The molecule has 0 saturated heterocycles. The number of hydrogen-bond acceptors (Lipinski definition) is 3. The second-order valence-corrected chi connectivity index (χ2v) is 3.01. The van der Waals surface area contributed by atoms with Crippen molar-refractivity contribution >= 4 is 5.96 Å². The summed E-state index contributed by atoms with van der Waals surface area (Å²) in [4.78, 5) is 8.23. The van der Waals surface area contributed by atoms with Crippen molar-refractivity contribution in [1.82, 2.24) is 15.7 Å². The van der Waals surface area contributed by atoms with Crippen LogP contribution in [-0.2, 0) is 6.42 Å². The first-order valence-electron chi connectivity index (χ1n) is 5.00. The average Bonchev–Trinajstić information content (AvgIpc) is 2.29. The maximum Gasteiger partial charge on any atom is 0.205 e. The largest absolute Gasteiger partial charge is 0.356 e. The van der Waals surface area contributed by atoms with E-state index in [1.54, 1.807) is 12.4 Å². The lowest BCUT2D eigenvalue weighted by atomic mass is 10.2. The molecule has 82 valence electrons. The monoisotopic (exact) mass is 207 g/mol. The minimum absolute atomic E-state index is 0.631. The van der Waals surface area contributed by atoms with E-state index < -0.39 is 0 Å². The van der Waals surface area contributed by atoms with Gasteiger partial charge in [0.25, 0.3) is 0 Å². The molecule has 0 spiro atoms. The van der Waals surface area contributed by atoms with Gasteiger partial charge in [-0.2, -0.15) is 0 Å². The predicted molar refractivity (Wildman–Crippen MR) is 61.2 cm³/mol. The lowest BCUT2D eigenvalue weighted by Gasteiger charge is -2.06. The van der Waals surface area contributed by atoms with Crippen molar-refractivity contribution in [2.75, 3.05) is 13.1 Å². The van der Waals surface area contributed by atoms with Crippen LogP contribution >= 0.6 is 0 Å². The number of nitrogens with zero attached hydrogens (tertiary/aromatic N) is 2. The van der Waals surface area contributed by atoms with Crippen molar-refractivity contribution in [3.05, 3.63) is 30.1 Å². The normalized spacial score (nSPS) is 11.2. The van der Waals surface area contributed by atoms with Crippen molar-refractivity contribution in [1.29, 1.82) is 0 Å². The van der Waals surface area contributed by atoms with E-state index in [-0.39, 0.29) is 0 Å². The summed E-state index contributed by atoms with van der Waals surface area (Å²) in [6, 6.07) is 3.97. The molecule has 4 N–H and O–H groups in total. The maximum absolute atomic E-state index is 5.29. The zero-order valence-corrected chi connectivity index (χ0v) is 8.90. The van der Waals surface area contributed by atoms with Crippen LogP contribution in [0, 0.1) is 0 Å². The molecule has 0 aliphatic rings. The molecule has 1 heterocycles. The molecule has 0 bridgehead atoms. The first-order valence-corrected chi connectivity index (χ1v) is 5.00. The minimum atomic E-state index is 0.631. The molecule has 1 aromatic rings. The number of pyridine rings is 1. The molecule has 0 aliphatic heterocycles. The summed E-state index contributed by atoms with van der Waals surface area (Å²) in [5.41, 5.74) is 3.74. The van der Waals surface area contributed by atoms with Crippen LogP contribution in [0.2, 0.25) is 0 Å². The SMILES string of the molecule is CCNC(=NCCc1ccncc1)NN. The van der Waals surface area contributed by atoms with Gasteiger partial charge in [0, 0.05) is 25.5 Å². The topological polar surface area (TPSA) is 75.3 Å². The molecule has 5 heteroatoms. The van der Waals surface area contributed by atoms with Crippen LogP contribution in [0.3, 0.4) is 0 Å². The summed E-state index contributed by atoms with van der Waals surface area (Å²) >= 11 is 0. The first kappa shape index (κ1) is 11.5. The molecule has 5 nitrogen and oxygen atoms in total. The Labute approximate surface area is 89.8 Å². The molecular formula is C10H17N5. The average molecular weight is 207 g/mol. The molecule has 0 amide bonds. The Kier molecular flexibility index (Phi) is 5.18. The van der Waals surface area contributed by atoms with Gasteiger partial charge in [0.15, 0.2) is 0 Å². The lowest BCUT2D eigenvalue weighted by molar-refractivity contribution is 0.844. The maximum atomic E-state index is 5.29. The summed E-state index contributed by atoms with van der Waals surface area (Å²) < 4.78 is 0. The third kappa shape index (κ3) is 4.42. The highest BCUT2D eigenvalue weighted by molar-refractivity contribution is 5.79. The number of hydrogen-bond donors (Lipinski definition) is 3. The van der Waals surface area contributed by atoms with Crippen LogP contribution in [0.5, 0.6) is 0 Å². The number of nitrogens with two attached hydrogens (primary N) is 1. The van der Waals surface area contributed by atoms with Gasteiger partial charge in [-0.15, -0.1) is 0 Å². The molecule has 0 aromatic carbocycles. The number of rotatable bonds is 4. The summed E-state index contributed by atoms with van der Waals surface area (Å²) in [6.07, 6.45) is 4.45. The molecule has 1 aromatic heterocycles. The smallest absolute Gasteiger partial charge is 0.205 e. The van der Waals surface area contributed by atoms with Gasteiger partial charge in [0.05, 0.1) is 0 Å². The second-order valence-electron chi connectivity index (χ2n) is 3.01. The lowest BCUT2D eigenvalue weighted by Crippen LogP contribution is -2.41. The van der Waals surface area contributed by atoms with Crippen molar-refractivity contribution in [3.63, 3.8) is 0 Å². The summed E-state index contributed by atoms with van der Waals surface area (Å²) in [7, 11) is 0. The van der Waals surface area contributed by atoms with Gasteiger partial charge < -0.3 is 5.32 Å². The van der Waals surface area contributed by atoms with E-state index in [1.807, 2.05) is 19.1 Å². The zero-order chi connectivity index (χ0) is 10.9. The first-order chi connectivity index (χ1) is 7.36. The number of aliphatic imine (C=N–C) groups is 1. The number of nitrogens with one attached hydrogen (secondary N) is 2. The summed E-state index contributed by atoms with van der Waals surface area (Å²) in [5.74, 6) is 5.92. The quantitative estimate of drug-likeness (QED) is 0.282. The Morgan fingerprint density at radius 2 is 2.20 bits per heavy atom. The zero-order valence-electron chi connectivity index (χ0n) is 8.90. The van der Waals surface area contributed by atoms with E-state index in [4.69, 9.17) is 5.84 Å². The predicted octanol–water partition coefficient (Wildman–Crippen LogP) is 0.0529. The van der Waals surface area contributed by atoms with Gasteiger partial charge in [-0.05, 0) is 31.0 Å². The van der Waals surface area contributed by atoms with E-state index in [1.165, 1.54) is 5.56 Å². The Morgan fingerprint density at radius 3 is 2.80 bits per heavy atom. The highest BCUT2D eigenvalue weighted by Gasteiger charge is 1.93. The van der Waals surface area contributed by atoms with Crippen LogP contribution < -0.4 is 16.6 Å². The Morgan fingerprint density at radius 1 is 1.47 bits per heavy atom. The number of aromatic nitrogens is 1. The molecular weight excluding hydrogens is 190 g/mol. The Balaban J connectivity index is 2.37. The van der Waals surface area contributed by atoms with Crippen molar-refractivity contribution in [2.45, 2.75) is 13.3 Å². The fraction of sp³-hybridized carbons (Fsp3) is 0.400. The van der Waals surface area contributed by atoms with Crippen molar-refractivity contribution < 1.29 is 0 Å². The van der Waals surface area contributed by atoms with Gasteiger partial charge in [-0.3, -0.25) is 15.4 Å². The van der Waals surface area contributed by atoms with Gasteiger partial charge in [0.2, 0.25) is 5.96 Å². The highest BCUT2D eigenvalue weighted by Crippen LogP contribution is 1.97. The Bertz CT molecular complexity index is 296.